The minimum Gasteiger partial charge on any atom is -0.481 e. The van der Waals surface area contributed by atoms with Gasteiger partial charge in [-0.25, -0.2) is 4.39 Å². The summed E-state index contributed by atoms with van der Waals surface area (Å²) in [5, 5.41) is 9.64. The van der Waals surface area contributed by atoms with Gasteiger partial charge >= 0.3 is 5.97 Å². The van der Waals surface area contributed by atoms with Gasteiger partial charge in [0.2, 0.25) is 5.91 Å². The van der Waals surface area contributed by atoms with E-state index in [2.05, 4.69) is 0 Å². The second-order valence-corrected chi connectivity index (χ2v) is 6.97. The molecule has 2 saturated heterocycles. The fraction of sp³-hybridized carbons (Fsp3) is 0.471. The Morgan fingerprint density at radius 3 is 2.56 bits per heavy atom. The van der Waals surface area contributed by atoms with Crippen LogP contribution in [0.4, 0.5) is 4.39 Å². The number of carboxylic acid groups (broad SMARTS) is 1. The van der Waals surface area contributed by atoms with Crippen LogP contribution in [0.3, 0.4) is 0 Å². The van der Waals surface area contributed by atoms with Crippen molar-refractivity contribution in [1.82, 2.24) is 9.80 Å². The number of nitrogens with zero attached hydrogens (tertiary/aromatic N) is 2. The van der Waals surface area contributed by atoms with Crippen molar-refractivity contribution in [2.75, 3.05) is 20.1 Å². The number of carbonyl (C=O) groups is 3. The van der Waals surface area contributed by atoms with Gasteiger partial charge in [0.15, 0.2) is 0 Å². The minimum atomic E-state index is -0.995. The fourth-order valence-electron chi connectivity index (χ4n) is 3.91. The van der Waals surface area contributed by atoms with Crippen LogP contribution in [-0.4, -0.2) is 58.4 Å². The van der Waals surface area contributed by atoms with Gasteiger partial charge in [-0.1, -0.05) is 11.6 Å². The molecule has 1 aromatic rings. The topological polar surface area (TPSA) is 77.9 Å². The highest BCUT2D eigenvalue weighted by Gasteiger charge is 2.55. The Hall–Kier alpha value is -2.15. The van der Waals surface area contributed by atoms with E-state index in [4.69, 9.17) is 11.6 Å². The van der Waals surface area contributed by atoms with Crippen molar-refractivity contribution >= 4 is 29.4 Å². The van der Waals surface area contributed by atoms with Gasteiger partial charge in [-0.15, -0.1) is 0 Å². The van der Waals surface area contributed by atoms with Crippen molar-refractivity contribution in [3.63, 3.8) is 0 Å². The van der Waals surface area contributed by atoms with Crippen molar-refractivity contribution in [3.8, 4) is 0 Å². The molecular weight excluding hydrogens is 351 g/mol. The Kier molecular flexibility index (Phi) is 4.45. The number of likely N-dealkylation sites (tertiary alicyclic amines) is 2. The van der Waals surface area contributed by atoms with E-state index in [1.54, 1.807) is 7.05 Å². The smallest absolute Gasteiger partial charge is 0.309 e. The SMILES string of the molecule is CN1C(=O)C[C@H](C(=O)O)C12CCN(C(=O)c1cc(F)ccc1Cl)CC2. The van der Waals surface area contributed by atoms with Crippen LogP contribution in [0, 0.1) is 11.7 Å². The zero-order valence-electron chi connectivity index (χ0n) is 13.7. The first-order valence-electron chi connectivity index (χ1n) is 8.00. The zero-order valence-corrected chi connectivity index (χ0v) is 14.4. The molecule has 2 fully saturated rings. The predicted molar refractivity (Wildman–Crippen MR) is 87.8 cm³/mol. The molecule has 1 spiro atoms. The molecule has 1 aromatic carbocycles. The Bertz CT molecular complexity index is 746. The number of hydrogen-bond acceptors (Lipinski definition) is 3. The minimum absolute atomic E-state index is 0.0183. The van der Waals surface area contributed by atoms with Gasteiger partial charge in [-0.05, 0) is 31.0 Å². The predicted octanol–water partition coefficient (Wildman–Crippen LogP) is 2.02. The molecule has 2 aliphatic rings. The molecular formula is C17H18ClFN2O4. The second-order valence-electron chi connectivity index (χ2n) is 6.57. The van der Waals surface area contributed by atoms with Crippen LogP contribution in [0.25, 0.3) is 0 Å². The van der Waals surface area contributed by atoms with Crippen molar-refractivity contribution in [2.45, 2.75) is 24.8 Å². The lowest BCUT2D eigenvalue weighted by molar-refractivity contribution is -0.145. The van der Waals surface area contributed by atoms with E-state index in [9.17, 15) is 23.9 Å². The Morgan fingerprint density at radius 2 is 1.96 bits per heavy atom. The van der Waals surface area contributed by atoms with Crippen LogP contribution in [0.15, 0.2) is 18.2 Å². The number of halogens is 2. The summed E-state index contributed by atoms with van der Waals surface area (Å²) in [5.41, 5.74) is -0.686. The van der Waals surface area contributed by atoms with Gasteiger partial charge < -0.3 is 14.9 Å². The summed E-state index contributed by atoms with van der Waals surface area (Å²) < 4.78 is 13.4. The largest absolute Gasteiger partial charge is 0.481 e. The number of benzene rings is 1. The molecule has 0 saturated carbocycles. The molecule has 0 aromatic heterocycles. The molecule has 2 heterocycles. The quantitative estimate of drug-likeness (QED) is 0.866. The van der Waals surface area contributed by atoms with E-state index in [-0.39, 0.29) is 36.0 Å². The number of hydrogen-bond donors (Lipinski definition) is 1. The third kappa shape index (κ3) is 2.86. The molecule has 0 unspecified atom stereocenters. The molecule has 25 heavy (non-hydrogen) atoms. The number of carboxylic acids is 1. The second kappa shape index (κ2) is 6.29. The van der Waals surface area contributed by atoms with Crippen LogP contribution in [0.1, 0.15) is 29.6 Å². The number of piperidine rings is 1. The van der Waals surface area contributed by atoms with Crippen molar-refractivity contribution in [1.29, 1.82) is 0 Å². The standard InChI is InChI=1S/C17H18ClFN2O4/c1-20-14(22)9-12(16(24)25)17(20)4-6-21(7-5-17)15(23)11-8-10(19)2-3-13(11)18/h2-3,8,12H,4-7,9H2,1H3,(H,24,25)/t12-/m1/s1. The first-order valence-corrected chi connectivity index (χ1v) is 8.38. The molecule has 1 atom stereocenters. The lowest BCUT2D eigenvalue weighted by Crippen LogP contribution is -2.57. The first kappa shape index (κ1) is 17.7. The summed E-state index contributed by atoms with van der Waals surface area (Å²) in [6.07, 6.45) is 0.714. The molecule has 1 N–H and O–H groups in total. The third-order valence-corrected chi connectivity index (χ3v) is 5.77. The summed E-state index contributed by atoms with van der Waals surface area (Å²) >= 11 is 5.99. The maximum atomic E-state index is 13.4. The molecule has 3 rings (SSSR count). The van der Waals surface area contributed by atoms with Gasteiger partial charge in [0, 0.05) is 26.6 Å². The highest BCUT2D eigenvalue weighted by Crippen LogP contribution is 2.43. The molecule has 2 aliphatic heterocycles. The number of aliphatic carboxylic acids is 1. The van der Waals surface area contributed by atoms with E-state index in [1.165, 1.54) is 21.9 Å². The molecule has 0 bridgehead atoms. The van der Waals surface area contributed by atoms with E-state index >= 15 is 0 Å². The summed E-state index contributed by atoms with van der Waals surface area (Å²) in [6.45, 7) is 0.570. The molecule has 134 valence electrons. The van der Waals surface area contributed by atoms with Gasteiger partial charge in [-0.2, -0.15) is 0 Å². The van der Waals surface area contributed by atoms with Crippen molar-refractivity contribution in [3.05, 3.63) is 34.6 Å². The van der Waals surface area contributed by atoms with E-state index < -0.39 is 29.2 Å². The van der Waals surface area contributed by atoms with Crippen LogP contribution in [0.2, 0.25) is 5.02 Å². The van der Waals surface area contributed by atoms with E-state index in [0.29, 0.717) is 12.8 Å². The number of amides is 2. The lowest BCUT2D eigenvalue weighted by atomic mass is 9.77. The van der Waals surface area contributed by atoms with Crippen LogP contribution in [-0.2, 0) is 9.59 Å². The zero-order chi connectivity index (χ0) is 18.4. The lowest BCUT2D eigenvalue weighted by Gasteiger charge is -2.45. The molecule has 6 nitrogen and oxygen atoms in total. The third-order valence-electron chi connectivity index (χ3n) is 5.44. The van der Waals surface area contributed by atoms with Crippen LogP contribution >= 0.6 is 11.6 Å². The highest BCUT2D eigenvalue weighted by atomic mass is 35.5. The summed E-state index contributed by atoms with van der Waals surface area (Å²) in [4.78, 5) is 39.2. The fourth-order valence-corrected chi connectivity index (χ4v) is 4.11. The van der Waals surface area contributed by atoms with Crippen molar-refractivity contribution in [2.24, 2.45) is 5.92 Å². The molecule has 0 radical (unpaired) electrons. The molecule has 8 heteroatoms. The highest BCUT2D eigenvalue weighted by molar-refractivity contribution is 6.33. The molecule has 0 aliphatic carbocycles. The summed E-state index contributed by atoms with van der Waals surface area (Å²) in [6, 6.07) is 3.61. The van der Waals surface area contributed by atoms with Gasteiger partial charge in [-0.3, -0.25) is 14.4 Å². The average molecular weight is 369 g/mol. The Morgan fingerprint density at radius 1 is 1.32 bits per heavy atom. The average Bonchev–Trinajstić information content (AvgIpc) is 2.82. The monoisotopic (exact) mass is 368 g/mol. The Labute approximate surface area is 149 Å². The Balaban J connectivity index is 1.79. The van der Waals surface area contributed by atoms with E-state index in [1.807, 2.05) is 0 Å². The number of carbonyl (C=O) groups excluding carboxylic acids is 2. The summed E-state index contributed by atoms with van der Waals surface area (Å²) in [7, 11) is 1.62. The molecule has 2 amide bonds. The maximum absolute atomic E-state index is 13.4. The summed E-state index contributed by atoms with van der Waals surface area (Å²) in [5.74, 6) is -2.91. The maximum Gasteiger partial charge on any atom is 0.309 e. The van der Waals surface area contributed by atoms with Gasteiger partial charge in [0.25, 0.3) is 5.91 Å². The van der Waals surface area contributed by atoms with Gasteiger partial charge in [0.1, 0.15) is 5.82 Å². The first-order chi connectivity index (χ1) is 11.8. The van der Waals surface area contributed by atoms with Crippen molar-refractivity contribution < 1.29 is 23.9 Å². The van der Waals surface area contributed by atoms with Gasteiger partial charge in [0.05, 0.1) is 22.0 Å². The van der Waals surface area contributed by atoms with Crippen LogP contribution in [0.5, 0.6) is 0 Å². The van der Waals surface area contributed by atoms with Crippen LogP contribution < -0.4 is 0 Å². The number of rotatable bonds is 2. The normalized spacial score (nSPS) is 22.5. The van der Waals surface area contributed by atoms with E-state index in [0.717, 1.165) is 6.07 Å².